The van der Waals surface area contributed by atoms with Gasteiger partial charge >= 0.3 is 5.97 Å². The van der Waals surface area contributed by atoms with E-state index in [-0.39, 0.29) is 5.97 Å². The molecule has 0 bridgehead atoms. The molecule has 0 aliphatic heterocycles. The van der Waals surface area contributed by atoms with E-state index in [0.29, 0.717) is 17.4 Å². The topological polar surface area (TPSA) is 38.8 Å². The summed E-state index contributed by atoms with van der Waals surface area (Å²) in [6, 6.07) is 16.1. The number of nitrogens with zero attached hydrogens (tertiary/aromatic N) is 1. The highest BCUT2D eigenvalue weighted by Gasteiger charge is 2.29. The number of rotatable bonds is 6. The van der Waals surface area contributed by atoms with E-state index in [0.717, 1.165) is 37.1 Å². The molecule has 4 nitrogen and oxygen atoms in total. The highest BCUT2D eigenvalue weighted by Crippen LogP contribution is 2.42. The van der Waals surface area contributed by atoms with Gasteiger partial charge in [-0.3, -0.25) is 0 Å². The Morgan fingerprint density at radius 2 is 1.93 bits per heavy atom. The van der Waals surface area contributed by atoms with Gasteiger partial charge in [-0.1, -0.05) is 35.9 Å². The standard InChI is InChI=1S/C25H31NO3/c1-26(2)17-22-12-11-19(13-18-7-5-9-21(14-18)25(27)29-4)15-24(22)20-8-6-10-23(16-20)28-3/h5-10,13-14,16,22,24H,11-12,15,17H2,1-4H3/b19-13-/t22-,24?/m1/s1. The van der Waals surface area contributed by atoms with E-state index in [4.69, 9.17) is 9.47 Å². The summed E-state index contributed by atoms with van der Waals surface area (Å²) in [5, 5.41) is 0. The molecule has 0 spiro atoms. The number of ether oxygens (including phenoxy) is 2. The SMILES string of the molecule is COC(=O)c1cccc(/C=C2/CC[C@H](CN(C)C)C(c3cccc(OC)c3)C2)c1. The van der Waals surface area contributed by atoms with Gasteiger partial charge < -0.3 is 14.4 Å². The van der Waals surface area contributed by atoms with E-state index in [1.54, 1.807) is 13.2 Å². The molecule has 0 heterocycles. The average Bonchev–Trinajstić information content (AvgIpc) is 2.74. The molecule has 2 aromatic rings. The van der Waals surface area contributed by atoms with Crippen molar-refractivity contribution in [1.29, 1.82) is 0 Å². The van der Waals surface area contributed by atoms with Crippen LogP contribution in [0.1, 0.15) is 46.7 Å². The largest absolute Gasteiger partial charge is 0.497 e. The molecule has 1 saturated carbocycles. The monoisotopic (exact) mass is 393 g/mol. The summed E-state index contributed by atoms with van der Waals surface area (Å²) in [6.45, 7) is 1.08. The molecule has 1 unspecified atom stereocenters. The quantitative estimate of drug-likeness (QED) is 0.647. The molecule has 0 radical (unpaired) electrons. The van der Waals surface area contributed by atoms with Crippen LogP contribution in [0.2, 0.25) is 0 Å². The highest BCUT2D eigenvalue weighted by atomic mass is 16.5. The summed E-state index contributed by atoms with van der Waals surface area (Å²) < 4.78 is 10.3. The van der Waals surface area contributed by atoms with Crippen LogP contribution >= 0.6 is 0 Å². The van der Waals surface area contributed by atoms with Gasteiger partial charge in [-0.05, 0) is 80.6 Å². The molecular formula is C25H31NO3. The maximum atomic E-state index is 11.8. The summed E-state index contributed by atoms with van der Waals surface area (Å²) in [5.41, 5.74) is 4.41. The Morgan fingerprint density at radius 3 is 2.66 bits per heavy atom. The van der Waals surface area contributed by atoms with Crippen molar-refractivity contribution < 1.29 is 14.3 Å². The molecule has 0 amide bonds. The minimum Gasteiger partial charge on any atom is -0.497 e. The Labute approximate surface area is 174 Å². The zero-order chi connectivity index (χ0) is 20.8. The zero-order valence-corrected chi connectivity index (χ0v) is 17.9. The minimum absolute atomic E-state index is 0.297. The van der Waals surface area contributed by atoms with E-state index < -0.39 is 0 Å². The van der Waals surface area contributed by atoms with Gasteiger partial charge in [0.1, 0.15) is 5.75 Å². The van der Waals surface area contributed by atoms with Crippen LogP contribution in [0.15, 0.2) is 54.1 Å². The van der Waals surface area contributed by atoms with E-state index in [1.807, 2.05) is 24.3 Å². The Kier molecular flexibility index (Phi) is 7.10. The van der Waals surface area contributed by atoms with Crippen molar-refractivity contribution in [2.45, 2.75) is 25.2 Å². The molecule has 154 valence electrons. The number of benzene rings is 2. The fourth-order valence-electron chi connectivity index (χ4n) is 4.31. The number of methoxy groups -OCH3 is 2. The van der Waals surface area contributed by atoms with Crippen LogP contribution in [-0.4, -0.2) is 45.7 Å². The first-order chi connectivity index (χ1) is 14.0. The molecule has 29 heavy (non-hydrogen) atoms. The minimum atomic E-state index is -0.297. The number of hydrogen-bond acceptors (Lipinski definition) is 4. The second-order valence-electron chi connectivity index (χ2n) is 8.07. The first-order valence-corrected chi connectivity index (χ1v) is 10.2. The second-order valence-corrected chi connectivity index (χ2v) is 8.07. The highest BCUT2D eigenvalue weighted by molar-refractivity contribution is 5.90. The van der Waals surface area contributed by atoms with Crippen molar-refractivity contribution in [2.24, 2.45) is 5.92 Å². The van der Waals surface area contributed by atoms with Gasteiger partial charge in [-0.15, -0.1) is 0 Å². The van der Waals surface area contributed by atoms with Crippen LogP contribution in [0.3, 0.4) is 0 Å². The van der Waals surface area contributed by atoms with Crippen molar-refractivity contribution in [3.63, 3.8) is 0 Å². The van der Waals surface area contributed by atoms with Crippen molar-refractivity contribution in [2.75, 3.05) is 34.9 Å². The van der Waals surface area contributed by atoms with Crippen LogP contribution < -0.4 is 4.74 Å². The van der Waals surface area contributed by atoms with Gasteiger partial charge in [0, 0.05) is 6.54 Å². The number of esters is 1. The molecule has 2 aromatic carbocycles. The molecule has 2 atom stereocenters. The lowest BCUT2D eigenvalue weighted by Crippen LogP contribution is -2.29. The number of allylic oxidation sites excluding steroid dienone is 1. The van der Waals surface area contributed by atoms with Gasteiger partial charge in [0.05, 0.1) is 19.8 Å². The van der Waals surface area contributed by atoms with Gasteiger partial charge in [-0.25, -0.2) is 4.79 Å². The Balaban J connectivity index is 1.87. The smallest absolute Gasteiger partial charge is 0.337 e. The lowest BCUT2D eigenvalue weighted by atomic mass is 9.73. The molecule has 1 fully saturated rings. The lowest BCUT2D eigenvalue weighted by molar-refractivity contribution is 0.0600. The fourth-order valence-corrected chi connectivity index (χ4v) is 4.31. The summed E-state index contributed by atoms with van der Waals surface area (Å²) in [4.78, 5) is 14.1. The first-order valence-electron chi connectivity index (χ1n) is 10.2. The van der Waals surface area contributed by atoms with Crippen LogP contribution in [0.5, 0.6) is 5.75 Å². The zero-order valence-electron chi connectivity index (χ0n) is 17.9. The van der Waals surface area contributed by atoms with Crippen molar-refractivity contribution >= 4 is 12.0 Å². The third-order valence-corrected chi connectivity index (χ3v) is 5.69. The summed E-state index contributed by atoms with van der Waals surface area (Å²) >= 11 is 0. The molecule has 3 rings (SSSR count). The Bertz CT molecular complexity index is 872. The molecule has 1 aliphatic carbocycles. The van der Waals surface area contributed by atoms with E-state index in [1.165, 1.54) is 18.2 Å². The van der Waals surface area contributed by atoms with Crippen LogP contribution in [-0.2, 0) is 4.74 Å². The van der Waals surface area contributed by atoms with Crippen molar-refractivity contribution in [1.82, 2.24) is 4.90 Å². The van der Waals surface area contributed by atoms with Crippen LogP contribution in [0.25, 0.3) is 6.08 Å². The van der Waals surface area contributed by atoms with Crippen LogP contribution in [0, 0.1) is 5.92 Å². The predicted octanol–water partition coefficient (Wildman–Crippen LogP) is 5.01. The summed E-state index contributed by atoms with van der Waals surface area (Å²) in [5.74, 6) is 1.68. The van der Waals surface area contributed by atoms with E-state index >= 15 is 0 Å². The maximum Gasteiger partial charge on any atom is 0.337 e. The molecule has 4 heteroatoms. The summed E-state index contributed by atoms with van der Waals surface area (Å²) in [7, 11) is 7.42. The molecule has 0 N–H and O–H groups in total. The van der Waals surface area contributed by atoms with E-state index in [2.05, 4.69) is 43.3 Å². The third-order valence-electron chi connectivity index (χ3n) is 5.69. The Morgan fingerprint density at radius 1 is 1.14 bits per heavy atom. The van der Waals surface area contributed by atoms with Crippen molar-refractivity contribution in [3.8, 4) is 5.75 Å². The fraction of sp³-hybridized carbons (Fsp3) is 0.400. The van der Waals surface area contributed by atoms with Crippen molar-refractivity contribution in [3.05, 3.63) is 70.8 Å². The molecule has 1 aliphatic rings. The number of hydrogen-bond donors (Lipinski definition) is 0. The lowest BCUT2D eigenvalue weighted by Gasteiger charge is -2.35. The van der Waals surface area contributed by atoms with Gasteiger partial charge in [-0.2, -0.15) is 0 Å². The molecule has 0 saturated heterocycles. The first kappa shape index (κ1) is 21.1. The molecule has 0 aromatic heterocycles. The third kappa shape index (κ3) is 5.48. The maximum absolute atomic E-state index is 11.8. The van der Waals surface area contributed by atoms with Crippen LogP contribution in [0.4, 0.5) is 0 Å². The molecular weight excluding hydrogens is 362 g/mol. The predicted molar refractivity (Wildman–Crippen MR) is 117 cm³/mol. The Hall–Kier alpha value is -2.59. The van der Waals surface area contributed by atoms with Gasteiger partial charge in [0.25, 0.3) is 0 Å². The summed E-state index contributed by atoms with van der Waals surface area (Å²) in [6.07, 6.45) is 5.50. The second kappa shape index (κ2) is 9.75. The normalized spacial score (nSPS) is 20.7. The van der Waals surface area contributed by atoms with Gasteiger partial charge in [0.15, 0.2) is 0 Å². The number of carbonyl (C=O) groups is 1. The van der Waals surface area contributed by atoms with E-state index in [9.17, 15) is 4.79 Å². The average molecular weight is 394 g/mol. The van der Waals surface area contributed by atoms with Gasteiger partial charge in [0.2, 0.25) is 0 Å². The number of carbonyl (C=O) groups excluding carboxylic acids is 1.